The molecule has 2 N–H and O–H groups in total. The highest BCUT2D eigenvalue weighted by molar-refractivity contribution is 6.30. The van der Waals surface area contributed by atoms with Crippen molar-refractivity contribution >= 4 is 17.5 Å². The number of piperidine rings is 1. The minimum atomic E-state index is -0.785. The third kappa shape index (κ3) is 5.59. The largest absolute Gasteiger partial charge is 0.388 e. The Morgan fingerprint density at radius 1 is 1.45 bits per heavy atom. The van der Waals surface area contributed by atoms with Crippen molar-refractivity contribution in [2.75, 3.05) is 26.2 Å². The maximum absolute atomic E-state index is 11.9. The van der Waals surface area contributed by atoms with E-state index >= 15 is 0 Å². The third-order valence-corrected chi connectivity index (χ3v) is 4.38. The Bertz CT molecular complexity index is 478. The van der Waals surface area contributed by atoms with Crippen LogP contribution < -0.4 is 5.32 Å². The summed E-state index contributed by atoms with van der Waals surface area (Å²) in [7, 11) is 0. The van der Waals surface area contributed by atoms with Gasteiger partial charge in [0.15, 0.2) is 0 Å². The number of carbonyl (C=O) groups is 1. The fourth-order valence-electron chi connectivity index (χ4n) is 2.89. The molecule has 122 valence electrons. The van der Waals surface area contributed by atoms with Gasteiger partial charge in [0, 0.05) is 24.7 Å². The topological polar surface area (TPSA) is 52.6 Å². The Hall–Kier alpha value is -1.10. The van der Waals surface area contributed by atoms with Gasteiger partial charge in [-0.1, -0.05) is 30.7 Å². The molecule has 2 atom stereocenters. The summed E-state index contributed by atoms with van der Waals surface area (Å²) < 4.78 is 0. The molecule has 2 unspecified atom stereocenters. The summed E-state index contributed by atoms with van der Waals surface area (Å²) in [4.78, 5) is 14.3. The first-order chi connectivity index (χ1) is 10.5. The number of carbonyl (C=O) groups excluding carboxylic acids is 1. The molecular weight excluding hydrogens is 300 g/mol. The Morgan fingerprint density at radius 3 is 2.86 bits per heavy atom. The van der Waals surface area contributed by atoms with Crippen molar-refractivity contribution in [1.29, 1.82) is 0 Å². The SMILES string of the molecule is CC1CCCN(CCNC(=O)CC(O)c2ccc(Cl)cc2)C1. The van der Waals surface area contributed by atoms with E-state index in [0.717, 1.165) is 25.6 Å². The molecule has 1 amide bonds. The van der Waals surface area contributed by atoms with E-state index in [1.807, 2.05) is 0 Å². The van der Waals surface area contributed by atoms with Gasteiger partial charge in [0.1, 0.15) is 0 Å². The number of likely N-dealkylation sites (tertiary alicyclic amines) is 1. The Morgan fingerprint density at radius 2 is 2.18 bits per heavy atom. The van der Waals surface area contributed by atoms with Gasteiger partial charge in [-0.05, 0) is 43.0 Å². The number of nitrogens with zero attached hydrogens (tertiary/aromatic N) is 1. The normalized spacial score (nSPS) is 20.6. The van der Waals surface area contributed by atoms with Crippen LogP contribution in [0.3, 0.4) is 0 Å². The van der Waals surface area contributed by atoms with E-state index in [0.29, 0.717) is 17.1 Å². The van der Waals surface area contributed by atoms with Crippen LogP contribution in [0.4, 0.5) is 0 Å². The van der Waals surface area contributed by atoms with Gasteiger partial charge in [0.25, 0.3) is 0 Å². The summed E-state index contributed by atoms with van der Waals surface area (Å²) in [6.07, 6.45) is 1.84. The van der Waals surface area contributed by atoms with Crippen LogP contribution in [-0.4, -0.2) is 42.1 Å². The molecule has 0 spiro atoms. The second-order valence-electron chi connectivity index (χ2n) is 6.17. The van der Waals surface area contributed by atoms with E-state index < -0.39 is 6.10 Å². The second-order valence-corrected chi connectivity index (χ2v) is 6.61. The number of nitrogens with one attached hydrogen (secondary N) is 1. The quantitative estimate of drug-likeness (QED) is 0.845. The molecule has 1 aliphatic heterocycles. The average Bonchev–Trinajstić information content (AvgIpc) is 2.48. The highest BCUT2D eigenvalue weighted by Crippen LogP contribution is 2.19. The number of hydrogen-bond acceptors (Lipinski definition) is 3. The minimum Gasteiger partial charge on any atom is -0.388 e. The predicted molar refractivity (Wildman–Crippen MR) is 88.9 cm³/mol. The van der Waals surface area contributed by atoms with E-state index in [4.69, 9.17) is 11.6 Å². The van der Waals surface area contributed by atoms with Crippen LogP contribution in [-0.2, 0) is 4.79 Å². The summed E-state index contributed by atoms with van der Waals surface area (Å²) in [6, 6.07) is 6.93. The van der Waals surface area contributed by atoms with Crippen molar-refractivity contribution in [3.63, 3.8) is 0 Å². The lowest BCUT2D eigenvalue weighted by atomic mass is 10.0. The summed E-state index contributed by atoms with van der Waals surface area (Å²) in [5.74, 6) is 0.628. The number of hydrogen-bond donors (Lipinski definition) is 2. The molecule has 0 radical (unpaired) electrons. The number of amides is 1. The van der Waals surface area contributed by atoms with Crippen molar-refractivity contribution in [3.05, 3.63) is 34.9 Å². The molecule has 5 heteroatoms. The number of halogens is 1. The van der Waals surface area contributed by atoms with Crippen LogP contribution in [0, 0.1) is 5.92 Å². The standard InChI is InChI=1S/C17H25ClN2O2/c1-13-3-2-9-20(12-13)10-8-19-17(22)11-16(21)14-4-6-15(18)7-5-14/h4-7,13,16,21H,2-3,8-12H2,1H3,(H,19,22). The molecule has 0 bridgehead atoms. The first kappa shape index (κ1) is 17.3. The van der Waals surface area contributed by atoms with Crippen LogP contribution in [0.15, 0.2) is 24.3 Å². The summed E-state index contributed by atoms with van der Waals surface area (Å²) in [6.45, 7) is 6.02. The van der Waals surface area contributed by atoms with Crippen molar-refractivity contribution in [1.82, 2.24) is 10.2 Å². The molecule has 1 fully saturated rings. The van der Waals surface area contributed by atoms with E-state index in [2.05, 4.69) is 17.1 Å². The fourth-order valence-corrected chi connectivity index (χ4v) is 3.02. The van der Waals surface area contributed by atoms with E-state index in [1.54, 1.807) is 24.3 Å². The molecule has 2 rings (SSSR count). The number of rotatable bonds is 6. The highest BCUT2D eigenvalue weighted by atomic mass is 35.5. The van der Waals surface area contributed by atoms with Crippen molar-refractivity contribution in [2.45, 2.75) is 32.3 Å². The Kier molecular flexibility index (Phi) is 6.68. The molecule has 1 aromatic rings. The van der Waals surface area contributed by atoms with Gasteiger partial charge in [-0.2, -0.15) is 0 Å². The van der Waals surface area contributed by atoms with Gasteiger partial charge in [0.05, 0.1) is 12.5 Å². The Balaban J connectivity index is 1.68. The number of benzene rings is 1. The fraction of sp³-hybridized carbons (Fsp3) is 0.588. The molecule has 4 nitrogen and oxygen atoms in total. The van der Waals surface area contributed by atoms with Crippen LogP contribution in [0.5, 0.6) is 0 Å². The smallest absolute Gasteiger partial charge is 0.223 e. The summed E-state index contributed by atoms with van der Waals surface area (Å²) >= 11 is 5.81. The van der Waals surface area contributed by atoms with Crippen molar-refractivity contribution in [3.8, 4) is 0 Å². The first-order valence-corrected chi connectivity index (χ1v) is 8.35. The maximum atomic E-state index is 11.9. The van der Waals surface area contributed by atoms with Gasteiger partial charge >= 0.3 is 0 Å². The molecule has 0 aliphatic carbocycles. The predicted octanol–water partition coefficient (Wildman–Crippen LogP) is 2.61. The van der Waals surface area contributed by atoms with Crippen LogP contribution in [0.2, 0.25) is 5.02 Å². The average molecular weight is 325 g/mol. The lowest BCUT2D eigenvalue weighted by molar-refractivity contribution is -0.123. The highest BCUT2D eigenvalue weighted by Gasteiger charge is 2.16. The minimum absolute atomic E-state index is 0.0814. The Labute approximate surface area is 137 Å². The van der Waals surface area contributed by atoms with E-state index in [9.17, 15) is 9.90 Å². The van der Waals surface area contributed by atoms with Crippen LogP contribution in [0.1, 0.15) is 37.9 Å². The van der Waals surface area contributed by atoms with Gasteiger partial charge in [0.2, 0.25) is 5.91 Å². The third-order valence-electron chi connectivity index (χ3n) is 4.12. The van der Waals surface area contributed by atoms with Crippen molar-refractivity contribution in [2.24, 2.45) is 5.92 Å². The van der Waals surface area contributed by atoms with E-state index in [1.165, 1.54) is 12.8 Å². The molecule has 0 saturated carbocycles. The monoisotopic (exact) mass is 324 g/mol. The lowest BCUT2D eigenvalue weighted by Gasteiger charge is -2.30. The molecule has 1 heterocycles. The summed E-state index contributed by atoms with van der Waals surface area (Å²) in [5.41, 5.74) is 0.712. The van der Waals surface area contributed by atoms with Gasteiger partial charge < -0.3 is 15.3 Å². The molecular formula is C17H25ClN2O2. The van der Waals surface area contributed by atoms with Crippen LogP contribution in [0.25, 0.3) is 0 Å². The molecule has 1 saturated heterocycles. The van der Waals surface area contributed by atoms with Gasteiger partial charge in [-0.25, -0.2) is 0 Å². The molecule has 1 aromatic carbocycles. The molecule has 0 aromatic heterocycles. The van der Waals surface area contributed by atoms with E-state index in [-0.39, 0.29) is 12.3 Å². The second kappa shape index (κ2) is 8.51. The summed E-state index contributed by atoms with van der Waals surface area (Å²) in [5, 5.41) is 13.6. The number of aliphatic hydroxyl groups excluding tert-OH is 1. The first-order valence-electron chi connectivity index (χ1n) is 7.97. The molecule has 1 aliphatic rings. The zero-order valence-electron chi connectivity index (χ0n) is 13.1. The zero-order valence-corrected chi connectivity index (χ0v) is 13.9. The van der Waals surface area contributed by atoms with Crippen molar-refractivity contribution < 1.29 is 9.90 Å². The molecule has 22 heavy (non-hydrogen) atoms. The zero-order chi connectivity index (χ0) is 15.9. The van der Waals surface area contributed by atoms with Gasteiger partial charge in [-0.15, -0.1) is 0 Å². The lowest BCUT2D eigenvalue weighted by Crippen LogP contribution is -2.40. The van der Waals surface area contributed by atoms with Crippen LogP contribution >= 0.6 is 11.6 Å². The number of aliphatic hydroxyl groups is 1. The van der Waals surface area contributed by atoms with Gasteiger partial charge in [-0.3, -0.25) is 4.79 Å². The maximum Gasteiger partial charge on any atom is 0.223 e.